The number of ether oxygens (including phenoxy) is 1. The maximum Gasteiger partial charge on any atom is 0.243 e. The van der Waals surface area contributed by atoms with E-state index in [9.17, 15) is 18.0 Å². The zero-order chi connectivity index (χ0) is 24.3. The molecule has 4 rings (SSSR count). The fraction of sp³-hybridized carbons (Fsp3) is 0.440. The molecular formula is C25H31N3O5S. The number of nitrogens with one attached hydrogen (secondary N) is 1. The van der Waals surface area contributed by atoms with Gasteiger partial charge in [0.15, 0.2) is 0 Å². The minimum absolute atomic E-state index is 0.171. The van der Waals surface area contributed by atoms with E-state index in [1.54, 1.807) is 32.2 Å². The van der Waals surface area contributed by atoms with Crippen LogP contribution in [0.25, 0.3) is 0 Å². The Morgan fingerprint density at radius 1 is 1.06 bits per heavy atom. The van der Waals surface area contributed by atoms with Crippen LogP contribution >= 0.6 is 0 Å². The van der Waals surface area contributed by atoms with Crippen LogP contribution in [0.2, 0.25) is 0 Å². The Labute approximate surface area is 200 Å². The Hall–Kier alpha value is -2.91. The van der Waals surface area contributed by atoms with Crippen molar-refractivity contribution in [1.82, 2.24) is 9.62 Å². The Morgan fingerprint density at radius 2 is 1.76 bits per heavy atom. The van der Waals surface area contributed by atoms with Crippen molar-refractivity contribution in [2.75, 3.05) is 25.1 Å². The highest BCUT2D eigenvalue weighted by molar-refractivity contribution is 7.89. The summed E-state index contributed by atoms with van der Waals surface area (Å²) < 4.78 is 33.0. The number of nitrogens with zero attached hydrogens (tertiary/aromatic N) is 2. The van der Waals surface area contributed by atoms with Crippen LogP contribution in [0, 0.1) is 0 Å². The fourth-order valence-corrected chi connectivity index (χ4v) is 6.15. The number of piperidine rings is 1. The van der Waals surface area contributed by atoms with Gasteiger partial charge in [-0.15, -0.1) is 0 Å². The first-order valence-electron chi connectivity index (χ1n) is 11.7. The molecule has 182 valence electrons. The maximum atomic E-state index is 13.1. The molecule has 1 saturated heterocycles. The minimum atomic E-state index is -3.60. The molecular weight excluding hydrogens is 454 g/mol. The highest BCUT2D eigenvalue weighted by Crippen LogP contribution is 2.35. The third-order valence-electron chi connectivity index (χ3n) is 6.49. The van der Waals surface area contributed by atoms with Crippen molar-refractivity contribution >= 4 is 27.5 Å². The SMILES string of the molecule is CCC(=O)N1c2ccc(S(=O)(=O)N3CCCCC3)cc2C[C@H]1C(=O)NCc1ccc(OC)cc1. The second-order valence-corrected chi connectivity index (χ2v) is 10.6. The number of hydrogen-bond donors (Lipinski definition) is 1. The third kappa shape index (κ3) is 4.81. The first-order chi connectivity index (χ1) is 16.3. The molecule has 2 heterocycles. The van der Waals surface area contributed by atoms with Crippen LogP contribution in [0.4, 0.5) is 5.69 Å². The lowest BCUT2D eigenvalue weighted by Crippen LogP contribution is -2.47. The predicted octanol–water partition coefficient (Wildman–Crippen LogP) is 2.85. The molecule has 34 heavy (non-hydrogen) atoms. The van der Waals surface area contributed by atoms with Gasteiger partial charge in [0, 0.05) is 38.2 Å². The standard InChI is InChI=1S/C25H31N3O5S/c1-3-24(29)28-22-12-11-21(34(31,32)27-13-5-4-6-14-27)15-19(22)16-23(28)25(30)26-17-18-7-9-20(33-2)10-8-18/h7-12,15,23H,3-6,13-14,16-17H2,1-2H3,(H,26,30)/t23-/m0/s1. The number of carbonyl (C=O) groups excluding carboxylic acids is 2. The highest BCUT2D eigenvalue weighted by Gasteiger charge is 2.38. The summed E-state index contributed by atoms with van der Waals surface area (Å²) in [5.41, 5.74) is 2.21. The summed E-state index contributed by atoms with van der Waals surface area (Å²) in [5.74, 6) is 0.292. The summed E-state index contributed by atoms with van der Waals surface area (Å²) in [6.45, 7) is 3.12. The summed E-state index contributed by atoms with van der Waals surface area (Å²) in [4.78, 5) is 27.6. The van der Waals surface area contributed by atoms with Crippen LogP contribution in [-0.4, -0.2) is 50.8 Å². The topological polar surface area (TPSA) is 96.0 Å². The Balaban J connectivity index is 1.54. The number of hydrogen-bond acceptors (Lipinski definition) is 5. The zero-order valence-electron chi connectivity index (χ0n) is 19.6. The largest absolute Gasteiger partial charge is 0.497 e. The first kappa shape index (κ1) is 24.2. The Bertz CT molecular complexity index is 1160. The molecule has 0 bridgehead atoms. The summed E-state index contributed by atoms with van der Waals surface area (Å²) in [6.07, 6.45) is 3.28. The van der Waals surface area contributed by atoms with E-state index in [0.717, 1.165) is 30.6 Å². The lowest BCUT2D eigenvalue weighted by Gasteiger charge is -2.26. The number of methoxy groups -OCH3 is 1. The number of sulfonamides is 1. The molecule has 2 aliphatic heterocycles. The van der Waals surface area contributed by atoms with Gasteiger partial charge in [-0.05, 0) is 54.3 Å². The molecule has 8 nitrogen and oxygen atoms in total. The summed E-state index contributed by atoms with van der Waals surface area (Å²) in [5, 5.41) is 2.92. The minimum Gasteiger partial charge on any atom is -0.497 e. The van der Waals surface area contributed by atoms with Crippen LogP contribution in [0.1, 0.15) is 43.7 Å². The number of fused-ring (bicyclic) bond motifs is 1. The number of rotatable bonds is 7. The second-order valence-electron chi connectivity index (χ2n) is 8.66. The van der Waals surface area contributed by atoms with E-state index in [-0.39, 0.29) is 29.6 Å². The molecule has 1 N–H and O–H groups in total. The number of benzene rings is 2. The maximum absolute atomic E-state index is 13.1. The van der Waals surface area contributed by atoms with Crippen molar-refractivity contribution in [2.24, 2.45) is 0 Å². The van der Waals surface area contributed by atoms with Crippen molar-refractivity contribution in [3.63, 3.8) is 0 Å². The lowest BCUT2D eigenvalue weighted by molar-refractivity contribution is -0.126. The van der Waals surface area contributed by atoms with Crippen molar-refractivity contribution in [1.29, 1.82) is 0 Å². The van der Waals surface area contributed by atoms with E-state index in [0.29, 0.717) is 30.9 Å². The molecule has 9 heteroatoms. The summed E-state index contributed by atoms with van der Waals surface area (Å²) in [7, 11) is -2.00. The fourth-order valence-electron chi connectivity index (χ4n) is 4.58. The van der Waals surface area contributed by atoms with E-state index in [1.165, 1.54) is 9.21 Å². The molecule has 2 aliphatic rings. The van der Waals surface area contributed by atoms with Gasteiger partial charge in [0.25, 0.3) is 0 Å². The van der Waals surface area contributed by atoms with E-state index < -0.39 is 16.1 Å². The predicted molar refractivity (Wildman–Crippen MR) is 129 cm³/mol. The molecule has 0 spiro atoms. The number of amides is 2. The van der Waals surface area contributed by atoms with Crippen LogP contribution in [0.3, 0.4) is 0 Å². The zero-order valence-corrected chi connectivity index (χ0v) is 20.4. The Morgan fingerprint density at radius 3 is 2.41 bits per heavy atom. The first-order valence-corrected chi connectivity index (χ1v) is 13.1. The van der Waals surface area contributed by atoms with Gasteiger partial charge < -0.3 is 10.1 Å². The highest BCUT2D eigenvalue weighted by atomic mass is 32.2. The van der Waals surface area contributed by atoms with Gasteiger partial charge in [0.05, 0.1) is 12.0 Å². The van der Waals surface area contributed by atoms with Crippen molar-refractivity contribution in [3.8, 4) is 5.75 Å². The van der Waals surface area contributed by atoms with E-state index in [2.05, 4.69) is 5.32 Å². The van der Waals surface area contributed by atoms with Crippen LogP contribution < -0.4 is 15.0 Å². The molecule has 1 fully saturated rings. The molecule has 0 radical (unpaired) electrons. The van der Waals surface area contributed by atoms with Gasteiger partial charge in [0.1, 0.15) is 11.8 Å². The van der Waals surface area contributed by atoms with Crippen molar-refractivity contribution < 1.29 is 22.7 Å². The van der Waals surface area contributed by atoms with E-state index >= 15 is 0 Å². The number of carbonyl (C=O) groups is 2. The van der Waals surface area contributed by atoms with Gasteiger partial charge in [-0.3, -0.25) is 14.5 Å². The molecule has 1 atom stereocenters. The molecule has 0 unspecified atom stereocenters. The normalized spacial score (nSPS) is 18.4. The molecule has 2 amide bonds. The van der Waals surface area contributed by atoms with Gasteiger partial charge >= 0.3 is 0 Å². The second kappa shape index (κ2) is 10.1. The van der Waals surface area contributed by atoms with E-state index in [1.807, 2.05) is 24.3 Å². The van der Waals surface area contributed by atoms with Crippen LogP contribution in [0.5, 0.6) is 5.75 Å². The molecule has 2 aromatic rings. The van der Waals surface area contributed by atoms with Gasteiger partial charge in [-0.1, -0.05) is 25.5 Å². The Kier molecular flexibility index (Phi) is 7.23. The molecule has 0 saturated carbocycles. The average Bonchev–Trinajstić information content (AvgIpc) is 3.26. The monoisotopic (exact) mass is 485 g/mol. The van der Waals surface area contributed by atoms with Crippen molar-refractivity contribution in [2.45, 2.75) is 56.5 Å². The van der Waals surface area contributed by atoms with Crippen LogP contribution in [-0.2, 0) is 32.6 Å². The lowest BCUT2D eigenvalue weighted by atomic mass is 10.1. The summed E-state index contributed by atoms with van der Waals surface area (Å²) >= 11 is 0. The van der Waals surface area contributed by atoms with Gasteiger partial charge in [-0.2, -0.15) is 4.31 Å². The van der Waals surface area contributed by atoms with Crippen LogP contribution in [0.15, 0.2) is 47.4 Å². The third-order valence-corrected chi connectivity index (χ3v) is 8.38. The van der Waals surface area contributed by atoms with Crippen molar-refractivity contribution in [3.05, 3.63) is 53.6 Å². The molecule has 0 aliphatic carbocycles. The summed E-state index contributed by atoms with van der Waals surface area (Å²) in [6, 6.07) is 11.5. The van der Waals surface area contributed by atoms with E-state index in [4.69, 9.17) is 4.74 Å². The molecule has 2 aromatic carbocycles. The quantitative estimate of drug-likeness (QED) is 0.651. The average molecular weight is 486 g/mol. The molecule has 0 aromatic heterocycles. The smallest absolute Gasteiger partial charge is 0.243 e. The van der Waals surface area contributed by atoms with Gasteiger partial charge in [0.2, 0.25) is 21.8 Å². The van der Waals surface area contributed by atoms with Gasteiger partial charge in [-0.25, -0.2) is 8.42 Å². The number of anilines is 1.